The van der Waals surface area contributed by atoms with Crippen molar-refractivity contribution in [1.29, 1.82) is 0 Å². The van der Waals surface area contributed by atoms with Gasteiger partial charge in [0.15, 0.2) is 5.84 Å². The van der Waals surface area contributed by atoms with E-state index in [-0.39, 0.29) is 18.8 Å². The molecule has 1 heterocycles. The third kappa shape index (κ3) is 5.57. The molecule has 0 radical (unpaired) electrons. The lowest BCUT2D eigenvalue weighted by molar-refractivity contribution is -0.384. The minimum Gasteiger partial charge on any atom is -0.465 e. The Bertz CT molecular complexity index is 747. The molecular formula is C16H17N5O4. The van der Waals surface area contributed by atoms with Crippen molar-refractivity contribution in [3.8, 4) is 0 Å². The van der Waals surface area contributed by atoms with Crippen LogP contribution in [0.5, 0.6) is 0 Å². The maximum absolute atomic E-state index is 11.5. The largest absolute Gasteiger partial charge is 0.465 e. The summed E-state index contributed by atoms with van der Waals surface area (Å²) in [5.74, 6) is -0.111. The second-order valence-electron chi connectivity index (χ2n) is 4.74. The number of carbonyl (C=O) groups excluding carboxylic acids is 1. The Hall–Kier alpha value is -3.49. The van der Waals surface area contributed by atoms with E-state index in [2.05, 4.69) is 20.8 Å². The van der Waals surface area contributed by atoms with Crippen LogP contribution >= 0.6 is 0 Å². The lowest BCUT2D eigenvalue weighted by Crippen LogP contribution is -2.31. The van der Waals surface area contributed by atoms with Crippen molar-refractivity contribution in [2.75, 3.05) is 18.6 Å². The number of rotatable bonds is 7. The third-order valence-electron chi connectivity index (χ3n) is 2.98. The van der Waals surface area contributed by atoms with Gasteiger partial charge in [0.05, 0.1) is 17.2 Å². The van der Waals surface area contributed by atoms with Gasteiger partial charge in [-0.3, -0.25) is 35.7 Å². The number of hydrogen-bond acceptors (Lipinski definition) is 7. The molecule has 25 heavy (non-hydrogen) atoms. The van der Waals surface area contributed by atoms with Crippen LogP contribution in [0.1, 0.15) is 12.6 Å². The van der Waals surface area contributed by atoms with E-state index >= 15 is 0 Å². The van der Waals surface area contributed by atoms with Gasteiger partial charge in [0, 0.05) is 18.3 Å². The van der Waals surface area contributed by atoms with Crippen LogP contribution < -0.4 is 10.9 Å². The zero-order valence-corrected chi connectivity index (χ0v) is 13.5. The quantitative estimate of drug-likeness (QED) is 0.259. The lowest BCUT2D eigenvalue weighted by atomic mass is 10.3. The molecule has 0 aliphatic carbocycles. The number of nitro benzene ring substituents is 1. The fraction of sp³-hybridized carbons (Fsp3) is 0.188. The molecule has 0 amide bonds. The van der Waals surface area contributed by atoms with Gasteiger partial charge in [0.2, 0.25) is 0 Å². The van der Waals surface area contributed by atoms with Crippen LogP contribution in [-0.4, -0.2) is 34.9 Å². The first kappa shape index (κ1) is 17.9. The van der Waals surface area contributed by atoms with E-state index in [1.807, 2.05) is 0 Å². The first-order chi connectivity index (χ1) is 12.1. The molecule has 2 rings (SSSR count). The highest BCUT2D eigenvalue weighted by Gasteiger charge is 2.08. The van der Waals surface area contributed by atoms with Crippen LogP contribution in [-0.2, 0) is 9.53 Å². The minimum atomic E-state index is -0.475. The van der Waals surface area contributed by atoms with E-state index in [1.165, 1.54) is 12.1 Å². The number of amidine groups is 1. The van der Waals surface area contributed by atoms with Crippen molar-refractivity contribution in [3.05, 3.63) is 64.5 Å². The van der Waals surface area contributed by atoms with E-state index in [4.69, 9.17) is 4.74 Å². The SMILES string of the molecule is CCOC(=O)CN=C(NNc1ccc([N+](=O)[O-])cc1)c1ccccn1. The van der Waals surface area contributed by atoms with Crippen LogP contribution in [0.25, 0.3) is 0 Å². The summed E-state index contributed by atoms with van der Waals surface area (Å²) < 4.78 is 4.85. The summed E-state index contributed by atoms with van der Waals surface area (Å²) in [6.07, 6.45) is 1.60. The molecule has 2 N–H and O–H groups in total. The summed E-state index contributed by atoms with van der Waals surface area (Å²) in [7, 11) is 0. The van der Waals surface area contributed by atoms with E-state index in [0.29, 0.717) is 17.2 Å². The Morgan fingerprint density at radius 3 is 2.64 bits per heavy atom. The first-order valence-electron chi connectivity index (χ1n) is 7.48. The average Bonchev–Trinajstić information content (AvgIpc) is 2.63. The summed E-state index contributed by atoms with van der Waals surface area (Å²) in [5, 5.41) is 10.7. The van der Waals surface area contributed by atoms with Crippen LogP contribution in [0.4, 0.5) is 11.4 Å². The summed E-state index contributed by atoms with van der Waals surface area (Å²) in [5.41, 5.74) is 6.84. The molecule has 1 aromatic carbocycles. The molecule has 0 saturated heterocycles. The molecule has 2 aromatic rings. The fourth-order valence-electron chi connectivity index (χ4n) is 1.84. The van der Waals surface area contributed by atoms with Gasteiger partial charge in [-0.25, -0.2) is 0 Å². The highest BCUT2D eigenvalue weighted by molar-refractivity contribution is 5.98. The first-order valence-corrected chi connectivity index (χ1v) is 7.48. The number of hydrazine groups is 1. The number of anilines is 1. The number of benzene rings is 1. The predicted molar refractivity (Wildman–Crippen MR) is 92.1 cm³/mol. The van der Waals surface area contributed by atoms with Gasteiger partial charge in [0.1, 0.15) is 12.2 Å². The van der Waals surface area contributed by atoms with Crippen molar-refractivity contribution >= 4 is 23.2 Å². The van der Waals surface area contributed by atoms with Gasteiger partial charge in [-0.1, -0.05) is 6.07 Å². The molecule has 130 valence electrons. The number of pyridine rings is 1. The van der Waals surface area contributed by atoms with E-state index in [1.54, 1.807) is 43.5 Å². The van der Waals surface area contributed by atoms with Crippen molar-refractivity contribution < 1.29 is 14.5 Å². The van der Waals surface area contributed by atoms with Crippen molar-refractivity contribution in [3.63, 3.8) is 0 Å². The van der Waals surface area contributed by atoms with Gasteiger partial charge in [0.25, 0.3) is 5.69 Å². The second kappa shape index (κ2) is 8.96. The number of aromatic nitrogens is 1. The molecule has 0 fully saturated rings. The van der Waals surface area contributed by atoms with Crippen LogP contribution in [0.2, 0.25) is 0 Å². The highest BCUT2D eigenvalue weighted by atomic mass is 16.6. The molecule has 0 unspecified atom stereocenters. The second-order valence-corrected chi connectivity index (χ2v) is 4.74. The molecule has 0 saturated carbocycles. The van der Waals surface area contributed by atoms with Crippen molar-refractivity contribution in [2.45, 2.75) is 6.92 Å². The number of ether oxygens (including phenoxy) is 1. The topological polar surface area (TPSA) is 119 Å². The molecule has 0 aliphatic rings. The number of carbonyl (C=O) groups is 1. The Kier molecular flexibility index (Phi) is 6.40. The van der Waals surface area contributed by atoms with E-state index < -0.39 is 10.9 Å². The van der Waals surface area contributed by atoms with Crippen LogP contribution in [0.3, 0.4) is 0 Å². The number of aliphatic imine (C=N–C) groups is 1. The number of nitrogens with one attached hydrogen (secondary N) is 2. The monoisotopic (exact) mass is 343 g/mol. The number of hydrogen-bond donors (Lipinski definition) is 2. The highest BCUT2D eigenvalue weighted by Crippen LogP contribution is 2.14. The maximum atomic E-state index is 11.5. The molecule has 0 bridgehead atoms. The number of esters is 1. The number of non-ortho nitro benzene ring substituents is 1. The van der Waals surface area contributed by atoms with E-state index in [0.717, 1.165) is 0 Å². The molecule has 1 aromatic heterocycles. The summed E-state index contributed by atoms with van der Waals surface area (Å²) >= 11 is 0. The maximum Gasteiger partial charge on any atom is 0.327 e. The Balaban J connectivity index is 2.09. The molecule has 9 heteroatoms. The molecular weight excluding hydrogens is 326 g/mol. The van der Waals surface area contributed by atoms with Crippen molar-refractivity contribution in [1.82, 2.24) is 10.4 Å². The Morgan fingerprint density at radius 2 is 2.04 bits per heavy atom. The van der Waals surface area contributed by atoms with Crippen LogP contribution in [0, 0.1) is 10.1 Å². The Labute approximate surface area is 143 Å². The predicted octanol–water partition coefficient (Wildman–Crippen LogP) is 1.92. The van der Waals surface area contributed by atoms with Crippen LogP contribution in [0.15, 0.2) is 53.7 Å². The minimum absolute atomic E-state index is 0.00789. The zero-order chi connectivity index (χ0) is 18.1. The number of nitro groups is 1. The van der Waals surface area contributed by atoms with E-state index in [9.17, 15) is 14.9 Å². The standard InChI is InChI=1S/C16H17N5O4/c1-2-25-15(22)11-18-16(14-5-3-4-10-17-14)20-19-12-6-8-13(9-7-12)21(23)24/h3-10,19H,2,11H2,1H3,(H,18,20). The number of nitrogens with zero attached hydrogens (tertiary/aromatic N) is 3. The fourth-order valence-corrected chi connectivity index (χ4v) is 1.84. The van der Waals surface area contributed by atoms with Gasteiger partial charge in [-0.2, -0.15) is 0 Å². The summed E-state index contributed by atoms with van der Waals surface area (Å²) in [4.78, 5) is 30.0. The molecule has 0 spiro atoms. The molecule has 0 aliphatic heterocycles. The van der Waals surface area contributed by atoms with Crippen molar-refractivity contribution in [2.24, 2.45) is 4.99 Å². The molecule has 9 nitrogen and oxygen atoms in total. The Morgan fingerprint density at radius 1 is 1.28 bits per heavy atom. The van der Waals surface area contributed by atoms with Gasteiger partial charge in [-0.05, 0) is 31.2 Å². The summed E-state index contributed by atoms with van der Waals surface area (Å²) in [6, 6.07) is 11.1. The zero-order valence-electron chi connectivity index (χ0n) is 13.5. The van der Waals surface area contributed by atoms with Gasteiger partial charge < -0.3 is 4.74 Å². The normalized spacial score (nSPS) is 10.8. The van der Waals surface area contributed by atoms with Gasteiger partial charge >= 0.3 is 5.97 Å². The summed E-state index contributed by atoms with van der Waals surface area (Å²) in [6.45, 7) is 1.84. The third-order valence-corrected chi connectivity index (χ3v) is 2.98. The van der Waals surface area contributed by atoms with Gasteiger partial charge in [-0.15, -0.1) is 0 Å². The smallest absolute Gasteiger partial charge is 0.327 e. The lowest BCUT2D eigenvalue weighted by Gasteiger charge is -2.12. The average molecular weight is 343 g/mol. The molecule has 0 atom stereocenters.